The molecule has 0 fully saturated rings. The fourth-order valence-electron chi connectivity index (χ4n) is 3.85. The Bertz CT molecular complexity index is 1140. The van der Waals surface area contributed by atoms with Gasteiger partial charge in [-0.05, 0) is 54.7 Å². The van der Waals surface area contributed by atoms with Crippen LogP contribution in [0.5, 0.6) is 0 Å². The third-order valence-corrected chi connectivity index (χ3v) is 6.42. The van der Waals surface area contributed by atoms with Gasteiger partial charge in [-0.3, -0.25) is 4.79 Å². The molecule has 31 heavy (non-hydrogen) atoms. The van der Waals surface area contributed by atoms with E-state index in [1.165, 1.54) is 28.0 Å². The fourth-order valence-corrected chi connectivity index (χ4v) is 4.57. The zero-order valence-electron chi connectivity index (χ0n) is 18.1. The smallest absolute Gasteiger partial charge is 0.227 e. The van der Waals surface area contributed by atoms with Crippen LogP contribution in [-0.2, 0) is 4.79 Å². The number of nitrogens with one attached hydrogen (secondary N) is 1. The predicted molar refractivity (Wildman–Crippen MR) is 130 cm³/mol. The number of nitrogens with zero attached hydrogens (tertiary/aromatic N) is 1. The van der Waals surface area contributed by atoms with Crippen LogP contribution in [0, 0.1) is 20.8 Å². The van der Waals surface area contributed by atoms with E-state index < -0.39 is 0 Å². The normalized spacial score (nSPS) is 11.0. The molecule has 4 rings (SSSR count). The Balaban J connectivity index is 1.52. The van der Waals surface area contributed by atoms with E-state index in [1.807, 2.05) is 41.8 Å². The van der Waals surface area contributed by atoms with Crippen LogP contribution in [-0.4, -0.2) is 10.9 Å². The van der Waals surface area contributed by atoms with Crippen molar-refractivity contribution in [2.45, 2.75) is 33.1 Å². The Morgan fingerprint density at radius 1 is 0.871 bits per heavy atom. The summed E-state index contributed by atoms with van der Waals surface area (Å²) in [6.45, 7) is 6.33. The third kappa shape index (κ3) is 4.92. The summed E-state index contributed by atoms with van der Waals surface area (Å²) < 4.78 is 0. The van der Waals surface area contributed by atoms with Gasteiger partial charge in [0.2, 0.25) is 5.91 Å². The summed E-state index contributed by atoms with van der Waals surface area (Å²) in [4.78, 5) is 17.6. The molecule has 0 saturated heterocycles. The predicted octanol–water partition coefficient (Wildman–Crippen LogP) is 6.90. The van der Waals surface area contributed by atoms with Gasteiger partial charge >= 0.3 is 0 Å². The van der Waals surface area contributed by atoms with Crippen LogP contribution >= 0.6 is 11.3 Å². The number of carbonyl (C=O) groups is 1. The molecule has 0 bridgehead atoms. The molecule has 3 nitrogen and oxygen atoms in total. The number of thiazole rings is 1. The minimum atomic E-state index is -0.0320. The highest BCUT2D eigenvalue weighted by molar-refractivity contribution is 7.14. The Hall–Kier alpha value is -3.24. The second kappa shape index (κ2) is 9.27. The molecule has 1 aromatic heterocycles. The van der Waals surface area contributed by atoms with Crippen molar-refractivity contribution >= 4 is 22.4 Å². The first kappa shape index (κ1) is 21.0. The van der Waals surface area contributed by atoms with Crippen molar-refractivity contribution in [2.75, 3.05) is 5.32 Å². The molecular weight excluding hydrogens is 400 g/mol. The van der Waals surface area contributed by atoms with Gasteiger partial charge in [0.15, 0.2) is 5.13 Å². The highest BCUT2D eigenvalue weighted by Gasteiger charge is 2.19. The number of rotatable bonds is 6. The highest BCUT2D eigenvalue weighted by atomic mass is 32.1. The summed E-state index contributed by atoms with van der Waals surface area (Å²) in [7, 11) is 0. The van der Waals surface area contributed by atoms with Crippen molar-refractivity contribution in [3.63, 3.8) is 0 Å². The Morgan fingerprint density at radius 2 is 1.45 bits per heavy atom. The molecule has 4 heteroatoms. The van der Waals surface area contributed by atoms with Gasteiger partial charge in [0.25, 0.3) is 0 Å². The van der Waals surface area contributed by atoms with Gasteiger partial charge in [-0.1, -0.05) is 66.7 Å². The minimum Gasteiger partial charge on any atom is -0.302 e. The molecule has 0 atom stereocenters. The van der Waals surface area contributed by atoms with Crippen molar-refractivity contribution in [3.8, 4) is 11.3 Å². The lowest BCUT2D eigenvalue weighted by Crippen LogP contribution is -2.16. The monoisotopic (exact) mass is 426 g/mol. The average Bonchev–Trinajstić information content (AvgIpc) is 3.24. The fraction of sp³-hybridized carbons (Fsp3) is 0.185. The molecule has 156 valence electrons. The molecule has 0 aliphatic heterocycles. The Morgan fingerprint density at radius 3 is 2.06 bits per heavy atom. The molecule has 0 spiro atoms. The average molecular weight is 427 g/mol. The van der Waals surface area contributed by atoms with Crippen LogP contribution in [0.4, 0.5) is 5.13 Å². The molecule has 4 aromatic rings. The number of benzene rings is 3. The zero-order chi connectivity index (χ0) is 21.8. The number of hydrogen-bond donors (Lipinski definition) is 1. The van der Waals surface area contributed by atoms with Gasteiger partial charge < -0.3 is 5.32 Å². The van der Waals surface area contributed by atoms with Gasteiger partial charge in [0.1, 0.15) is 0 Å². The molecular formula is C27H26N2OS. The molecule has 3 aromatic carbocycles. The number of anilines is 1. The van der Waals surface area contributed by atoms with E-state index in [0.717, 1.165) is 22.4 Å². The third-order valence-electron chi connectivity index (χ3n) is 5.66. The molecule has 0 radical (unpaired) electrons. The van der Waals surface area contributed by atoms with Gasteiger partial charge in [-0.2, -0.15) is 0 Å². The van der Waals surface area contributed by atoms with Gasteiger partial charge in [-0.15, -0.1) is 11.3 Å². The molecule has 0 saturated carbocycles. The number of hydrogen-bond acceptors (Lipinski definition) is 3. The maximum Gasteiger partial charge on any atom is 0.227 e. The van der Waals surface area contributed by atoms with E-state index in [2.05, 4.69) is 62.5 Å². The van der Waals surface area contributed by atoms with Crippen LogP contribution < -0.4 is 5.32 Å². The highest BCUT2D eigenvalue weighted by Crippen LogP contribution is 2.31. The summed E-state index contributed by atoms with van der Waals surface area (Å²) in [6, 6.07) is 24.7. The van der Waals surface area contributed by atoms with E-state index in [9.17, 15) is 4.79 Å². The van der Waals surface area contributed by atoms with E-state index in [-0.39, 0.29) is 11.8 Å². The van der Waals surface area contributed by atoms with E-state index in [1.54, 1.807) is 0 Å². The van der Waals surface area contributed by atoms with E-state index in [0.29, 0.717) is 11.6 Å². The summed E-state index contributed by atoms with van der Waals surface area (Å²) in [5.74, 6) is -0.0285. The minimum absolute atomic E-state index is 0.00354. The second-order valence-corrected chi connectivity index (χ2v) is 8.77. The quantitative estimate of drug-likeness (QED) is 0.364. The number of amides is 1. The van der Waals surface area contributed by atoms with Gasteiger partial charge in [-0.25, -0.2) is 4.98 Å². The number of aromatic nitrogens is 1. The van der Waals surface area contributed by atoms with Gasteiger partial charge in [0, 0.05) is 23.3 Å². The lowest BCUT2D eigenvalue weighted by atomic mass is 9.88. The largest absolute Gasteiger partial charge is 0.302 e. The molecule has 1 heterocycles. The maximum atomic E-state index is 12.9. The van der Waals surface area contributed by atoms with Gasteiger partial charge in [0.05, 0.1) is 5.69 Å². The maximum absolute atomic E-state index is 12.9. The molecule has 0 aliphatic carbocycles. The first-order valence-electron chi connectivity index (χ1n) is 10.4. The lowest BCUT2D eigenvalue weighted by Gasteiger charge is -2.17. The van der Waals surface area contributed by atoms with Crippen molar-refractivity contribution in [2.24, 2.45) is 0 Å². The summed E-state index contributed by atoms with van der Waals surface area (Å²) in [5, 5.41) is 5.67. The van der Waals surface area contributed by atoms with Crippen LogP contribution in [0.2, 0.25) is 0 Å². The van der Waals surface area contributed by atoms with Crippen LogP contribution in [0.1, 0.15) is 40.2 Å². The van der Waals surface area contributed by atoms with E-state index >= 15 is 0 Å². The van der Waals surface area contributed by atoms with Crippen LogP contribution in [0.25, 0.3) is 11.3 Å². The molecule has 1 amide bonds. The number of carbonyl (C=O) groups excluding carboxylic acids is 1. The summed E-state index contributed by atoms with van der Waals surface area (Å²) >= 11 is 1.47. The van der Waals surface area contributed by atoms with E-state index in [4.69, 9.17) is 4.98 Å². The summed E-state index contributed by atoms with van der Waals surface area (Å²) in [6.07, 6.45) is 0.367. The molecule has 0 aliphatic rings. The van der Waals surface area contributed by atoms with Crippen molar-refractivity contribution in [3.05, 3.63) is 106 Å². The first-order chi connectivity index (χ1) is 15.0. The van der Waals surface area contributed by atoms with Crippen LogP contribution in [0.3, 0.4) is 0 Å². The first-order valence-corrected chi connectivity index (χ1v) is 11.3. The van der Waals surface area contributed by atoms with Crippen LogP contribution in [0.15, 0.2) is 78.2 Å². The Kier molecular flexibility index (Phi) is 6.28. The van der Waals surface area contributed by atoms with Crippen molar-refractivity contribution in [1.82, 2.24) is 4.98 Å². The molecule has 0 unspecified atom stereocenters. The SMILES string of the molecule is Cc1cc(C)c(-c2csc(NC(=O)CC(c3ccccc3)c3ccccc3)n2)cc1C. The number of aryl methyl sites for hydroxylation is 3. The lowest BCUT2D eigenvalue weighted by molar-refractivity contribution is -0.116. The van der Waals surface area contributed by atoms with Crippen molar-refractivity contribution in [1.29, 1.82) is 0 Å². The second-order valence-electron chi connectivity index (χ2n) is 7.92. The molecule has 1 N–H and O–H groups in total. The standard InChI is InChI=1S/C27H26N2OS/c1-18-14-20(3)23(15-19(18)2)25-17-31-27(28-25)29-26(30)16-24(21-10-6-4-7-11-21)22-12-8-5-9-13-22/h4-15,17,24H,16H2,1-3H3,(H,28,29,30). The van der Waals surface area contributed by atoms with Crippen molar-refractivity contribution < 1.29 is 4.79 Å². The zero-order valence-corrected chi connectivity index (χ0v) is 18.9. The Labute approximate surface area is 187 Å². The summed E-state index contributed by atoms with van der Waals surface area (Å²) in [5.41, 5.74) is 8.00. The topological polar surface area (TPSA) is 42.0 Å².